The number of fused-ring (bicyclic) bond motifs is 1. The van der Waals surface area contributed by atoms with Gasteiger partial charge in [-0.1, -0.05) is 6.92 Å². The molecule has 2 aromatic rings. The molecule has 0 fully saturated rings. The van der Waals surface area contributed by atoms with Gasteiger partial charge in [0.25, 0.3) is 11.8 Å². The van der Waals surface area contributed by atoms with Gasteiger partial charge in [-0.05, 0) is 31.0 Å². The lowest BCUT2D eigenvalue weighted by Crippen LogP contribution is -2.22. The molecule has 1 aromatic heterocycles. The number of rotatable bonds is 7. The fraction of sp³-hybridized carbons (Fsp3) is 0.312. The van der Waals surface area contributed by atoms with Gasteiger partial charge in [0.1, 0.15) is 0 Å². The quantitative estimate of drug-likeness (QED) is 0.703. The lowest BCUT2D eigenvalue weighted by molar-refractivity contribution is -0.121. The Labute approximate surface area is 137 Å². The minimum Gasteiger partial charge on any atom is -0.480 e. The van der Waals surface area contributed by atoms with Crippen LogP contribution in [0, 0.1) is 6.92 Å². The minimum absolute atomic E-state index is 0.0235. The van der Waals surface area contributed by atoms with Crippen molar-refractivity contribution in [1.29, 1.82) is 0 Å². The van der Waals surface area contributed by atoms with E-state index in [1.54, 1.807) is 19.1 Å². The first-order valence-corrected chi connectivity index (χ1v) is 7.26. The van der Waals surface area contributed by atoms with E-state index >= 15 is 0 Å². The van der Waals surface area contributed by atoms with E-state index in [1.807, 2.05) is 6.92 Å². The van der Waals surface area contributed by atoms with Crippen LogP contribution in [-0.4, -0.2) is 25.0 Å². The average molecular weight is 334 g/mol. The molecule has 0 aliphatic rings. The molecule has 0 aliphatic carbocycles. The highest BCUT2D eigenvalue weighted by Crippen LogP contribution is 2.37. The third-order valence-electron chi connectivity index (χ3n) is 3.46. The van der Waals surface area contributed by atoms with Crippen molar-refractivity contribution in [2.45, 2.75) is 20.3 Å². The standard InChI is InChI=1S/C16H18N2O6/c1-3-9-8(2)10-4-5-11(22-6-12(17)19)15(23-7-13(18)20)14(10)24-16(9)21/h4-5H,3,6-7H2,1-2H3,(H2,17,19)(H2,18,20). The van der Waals surface area contributed by atoms with Crippen molar-refractivity contribution in [2.24, 2.45) is 11.5 Å². The van der Waals surface area contributed by atoms with Crippen LogP contribution in [0.15, 0.2) is 21.3 Å². The third kappa shape index (κ3) is 3.48. The van der Waals surface area contributed by atoms with Crippen molar-refractivity contribution in [3.63, 3.8) is 0 Å². The van der Waals surface area contributed by atoms with Crippen molar-refractivity contribution >= 4 is 22.8 Å². The molecule has 8 nitrogen and oxygen atoms in total. The molecule has 2 rings (SSSR count). The molecule has 128 valence electrons. The van der Waals surface area contributed by atoms with Crippen LogP contribution in [0.3, 0.4) is 0 Å². The van der Waals surface area contributed by atoms with Gasteiger partial charge in [-0.15, -0.1) is 0 Å². The van der Waals surface area contributed by atoms with Gasteiger partial charge in [0.2, 0.25) is 5.75 Å². The highest BCUT2D eigenvalue weighted by molar-refractivity contribution is 5.89. The molecule has 8 heteroatoms. The van der Waals surface area contributed by atoms with Crippen LogP contribution in [0.2, 0.25) is 0 Å². The molecule has 4 N–H and O–H groups in total. The number of benzene rings is 1. The smallest absolute Gasteiger partial charge is 0.339 e. The van der Waals surface area contributed by atoms with Gasteiger partial charge in [-0.2, -0.15) is 0 Å². The molecule has 1 aromatic carbocycles. The van der Waals surface area contributed by atoms with E-state index in [0.29, 0.717) is 17.4 Å². The number of ether oxygens (including phenoxy) is 2. The minimum atomic E-state index is -0.711. The summed E-state index contributed by atoms with van der Waals surface area (Å²) in [5.41, 5.74) is 11.1. The second kappa shape index (κ2) is 7.03. The normalized spacial score (nSPS) is 10.6. The van der Waals surface area contributed by atoms with E-state index < -0.39 is 30.7 Å². The summed E-state index contributed by atoms with van der Waals surface area (Å²) in [4.78, 5) is 34.0. The maximum Gasteiger partial charge on any atom is 0.339 e. The Morgan fingerprint density at radius 1 is 1.12 bits per heavy atom. The number of carbonyl (C=O) groups excluding carboxylic acids is 2. The summed E-state index contributed by atoms with van der Waals surface area (Å²) in [6.07, 6.45) is 0.515. The molecule has 0 spiro atoms. The number of hydrogen-bond acceptors (Lipinski definition) is 6. The SMILES string of the molecule is CCc1c(C)c2ccc(OCC(N)=O)c(OCC(N)=O)c2oc1=O. The first-order valence-electron chi connectivity index (χ1n) is 7.26. The topological polar surface area (TPSA) is 135 Å². The summed E-state index contributed by atoms with van der Waals surface area (Å²) in [7, 11) is 0. The second-order valence-electron chi connectivity index (χ2n) is 5.13. The summed E-state index contributed by atoms with van der Waals surface area (Å²) in [6.45, 7) is 2.80. The first kappa shape index (κ1) is 17.3. The van der Waals surface area contributed by atoms with Crippen LogP contribution >= 0.6 is 0 Å². The molecule has 24 heavy (non-hydrogen) atoms. The lowest BCUT2D eigenvalue weighted by atomic mass is 10.0. The van der Waals surface area contributed by atoms with Crippen LogP contribution < -0.4 is 26.6 Å². The predicted molar refractivity (Wildman–Crippen MR) is 86.0 cm³/mol. The summed E-state index contributed by atoms with van der Waals surface area (Å²) in [5, 5.41) is 0.636. The second-order valence-corrected chi connectivity index (χ2v) is 5.13. The molecule has 0 atom stereocenters. The Balaban J connectivity index is 2.65. The van der Waals surface area contributed by atoms with Crippen molar-refractivity contribution < 1.29 is 23.5 Å². The molecule has 1 heterocycles. The fourth-order valence-electron chi connectivity index (χ4n) is 2.36. The fourth-order valence-corrected chi connectivity index (χ4v) is 2.36. The molecule has 0 saturated heterocycles. The van der Waals surface area contributed by atoms with Crippen LogP contribution in [0.5, 0.6) is 11.5 Å². The number of aryl methyl sites for hydroxylation is 1. The van der Waals surface area contributed by atoms with Gasteiger partial charge in [-0.25, -0.2) is 4.79 Å². The maximum atomic E-state index is 12.1. The van der Waals surface area contributed by atoms with Gasteiger partial charge in [-0.3, -0.25) is 9.59 Å². The molecule has 0 bridgehead atoms. The van der Waals surface area contributed by atoms with Crippen LogP contribution in [0.4, 0.5) is 0 Å². The predicted octanol–water partition coefficient (Wildman–Crippen LogP) is 0.392. The van der Waals surface area contributed by atoms with Gasteiger partial charge in [0.05, 0.1) is 0 Å². The molecule has 0 saturated carbocycles. The molecule has 0 unspecified atom stereocenters. The molecule has 0 aliphatic heterocycles. The Morgan fingerprint density at radius 2 is 1.75 bits per heavy atom. The molecule has 0 radical (unpaired) electrons. The van der Waals surface area contributed by atoms with Crippen molar-refractivity contribution in [2.75, 3.05) is 13.2 Å². The highest BCUT2D eigenvalue weighted by atomic mass is 16.5. The van der Waals surface area contributed by atoms with E-state index in [4.69, 9.17) is 25.4 Å². The van der Waals surface area contributed by atoms with E-state index in [0.717, 1.165) is 5.56 Å². The van der Waals surface area contributed by atoms with Gasteiger partial charge in [0.15, 0.2) is 24.5 Å². The number of amides is 2. The summed E-state index contributed by atoms with van der Waals surface area (Å²) in [6, 6.07) is 3.23. The average Bonchev–Trinajstić information content (AvgIpc) is 2.51. The van der Waals surface area contributed by atoms with Crippen molar-refractivity contribution in [3.8, 4) is 11.5 Å². The summed E-state index contributed by atoms with van der Waals surface area (Å²) < 4.78 is 16.0. The Kier molecular flexibility index (Phi) is 5.08. The van der Waals surface area contributed by atoms with Crippen LogP contribution in [-0.2, 0) is 16.0 Å². The van der Waals surface area contributed by atoms with Crippen molar-refractivity contribution in [1.82, 2.24) is 0 Å². The number of primary amides is 2. The number of hydrogen-bond donors (Lipinski definition) is 2. The van der Waals surface area contributed by atoms with Gasteiger partial charge < -0.3 is 25.4 Å². The molecular weight excluding hydrogens is 316 g/mol. The van der Waals surface area contributed by atoms with E-state index in [9.17, 15) is 14.4 Å². The van der Waals surface area contributed by atoms with E-state index in [1.165, 1.54) is 0 Å². The zero-order valence-electron chi connectivity index (χ0n) is 13.4. The summed E-state index contributed by atoms with van der Waals surface area (Å²) >= 11 is 0. The highest BCUT2D eigenvalue weighted by Gasteiger charge is 2.19. The Morgan fingerprint density at radius 3 is 2.33 bits per heavy atom. The monoisotopic (exact) mass is 334 g/mol. The van der Waals surface area contributed by atoms with Crippen LogP contribution in [0.1, 0.15) is 18.1 Å². The zero-order valence-corrected chi connectivity index (χ0v) is 13.4. The van der Waals surface area contributed by atoms with Gasteiger partial charge >= 0.3 is 5.63 Å². The number of nitrogens with two attached hydrogens (primary N) is 2. The van der Waals surface area contributed by atoms with Crippen molar-refractivity contribution in [3.05, 3.63) is 33.7 Å². The Bertz CT molecular complexity index is 856. The third-order valence-corrected chi connectivity index (χ3v) is 3.46. The van der Waals surface area contributed by atoms with E-state index in [-0.39, 0.29) is 17.1 Å². The van der Waals surface area contributed by atoms with Crippen LogP contribution in [0.25, 0.3) is 11.0 Å². The maximum absolute atomic E-state index is 12.1. The number of carbonyl (C=O) groups is 2. The molecule has 2 amide bonds. The zero-order chi connectivity index (χ0) is 17.9. The van der Waals surface area contributed by atoms with E-state index in [2.05, 4.69) is 0 Å². The largest absolute Gasteiger partial charge is 0.480 e. The Hall–Kier alpha value is -3.03. The van der Waals surface area contributed by atoms with Gasteiger partial charge in [0, 0.05) is 10.9 Å². The summed E-state index contributed by atoms with van der Waals surface area (Å²) in [5.74, 6) is -1.25. The first-order chi connectivity index (χ1) is 11.3. The lowest BCUT2D eigenvalue weighted by Gasteiger charge is -2.14. The molecular formula is C16H18N2O6.